The molecule has 0 saturated heterocycles. The van der Waals surface area contributed by atoms with Crippen LogP contribution in [0.25, 0.3) is 0 Å². The third-order valence-corrected chi connectivity index (χ3v) is 8.84. The van der Waals surface area contributed by atoms with Crippen LogP contribution in [0, 0.1) is 0 Å². The summed E-state index contributed by atoms with van der Waals surface area (Å²) in [6.07, 6.45) is 0. The zero-order chi connectivity index (χ0) is 22.0. The molecule has 0 radical (unpaired) electrons. The summed E-state index contributed by atoms with van der Waals surface area (Å²) in [6.45, 7) is 12.4. The minimum atomic E-state index is -3.46. The fourth-order valence-electron chi connectivity index (χ4n) is 3.15. The molecule has 0 bridgehead atoms. The summed E-state index contributed by atoms with van der Waals surface area (Å²) in [7, 11) is -0.626. The zero-order valence-corrected chi connectivity index (χ0v) is 20.4. The Labute approximate surface area is 179 Å². The summed E-state index contributed by atoms with van der Waals surface area (Å²) in [5.41, 5.74) is 1.88. The number of hydrogen-bond donors (Lipinski definition) is 1. The molecule has 0 aliphatic carbocycles. The van der Waals surface area contributed by atoms with Gasteiger partial charge in [0.2, 0.25) is 0 Å². The van der Waals surface area contributed by atoms with Crippen LogP contribution in [-0.4, -0.2) is 19.3 Å². The number of hydrogen-bond acceptors (Lipinski definition) is 5. The smallest absolute Gasteiger partial charge is 0.347 e. The lowest BCUT2D eigenvalue weighted by molar-refractivity contribution is 0.274. The fourth-order valence-corrected chi connectivity index (χ4v) is 6.44. The normalized spacial score (nSPS) is 14.1. The van der Waals surface area contributed by atoms with Crippen molar-refractivity contribution in [3.8, 4) is 5.75 Å². The summed E-state index contributed by atoms with van der Waals surface area (Å²) in [4.78, 5) is 0.400. The fraction of sp³-hybridized carbons (Fsp3) is 0.478. The summed E-state index contributed by atoms with van der Waals surface area (Å²) in [5, 5.41) is 11.0. The Hall–Kier alpha value is -1.26. The van der Waals surface area contributed by atoms with E-state index in [1.54, 1.807) is 0 Å². The van der Waals surface area contributed by atoms with Gasteiger partial charge in [0.15, 0.2) is 0 Å². The van der Waals surface area contributed by atoms with Crippen molar-refractivity contribution in [1.29, 1.82) is 0 Å². The lowest BCUT2D eigenvalue weighted by atomic mass is 9.78. The zero-order valence-electron chi connectivity index (χ0n) is 18.6. The first-order valence-electron chi connectivity index (χ1n) is 9.64. The number of phenolic OH excluding ortho intramolecular Hbond substituents is 1. The van der Waals surface area contributed by atoms with E-state index in [1.165, 1.54) is 26.0 Å². The van der Waals surface area contributed by atoms with Crippen LogP contribution in [0.15, 0.2) is 47.4 Å². The quantitative estimate of drug-likeness (QED) is 0.381. The summed E-state index contributed by atoms with van der Waals surface area (Å²) in [5.74, 6) is 0.293. The van der Waals surface area contributed by atoms with Gasteiger partial charge in [-0.1, -0.05) is 59.7 Å². The molecule has 0 aromatic heterocycles. The van der Waals surface area contributed by atoms with E-state index in [4.69, 9.17) is 9.05 Å². The Morgan fingerprint density at radius 3 is 1.72 bits per heavy atom. The van der Waals surface area contributed by atoms with Gasteiger partial charge in [-0.05, 0) is 51.8 Å². The second-order valence-electron chi connectivity index (χ2n) is 9.15. The maximum absolute atomic E-state index is 13.5. The number of rotatable bonds is 6. The first-order chi connectivity index (χ1) is 13.3. The summed E-state index contributed by atoms with van der Waals surface area (Å²) < 4.78 is 24.3. The minimum Gasteiger partial charge on any atom is -0.507 e. The van der Waals surface area contributed by atoms with Crippen LogP contribution < -0.4 is 0 Å². The second kappa shape index (κ2) is 8.85. The van der Waals surface area contributed by atoms with Gasteiger partial charge in [0.25, 0.3) is 0 Å². The Kier molecular flexibility index (Phi) is 7.33. The Balaban J connectivity index is 2.77. The average Bonchev–Trinajstić information content (AvgIpc) is 2.65. The highest BCUT2D eigenvalue weighted by atomic mass is 32.2. The number of thioether (sulfide) groups is 1. The average molecular weight is 437 g/mol. The van der Waals surface area contributed by atoms with Crippen LogP contribution in [-0.2, 0) is 24.4 Å². The van der Waals surface area contributed by atoms with Crippen LogP contribution in [0.5, 0.6) is 5.75 Å². The highest BCUT2D eigenvalue weighted by Crippen LogP contribution is 2.66. The molecular weight excluding hydrogens is 403 g/mol. The Bertz CT molecular complexity index is 839. The molecule has 160 valence electrons. The van der Waals surface area contributed by atoms with E-state index < -0.39 is 12.6 Å². The van der Waals surface area contributed by atoms with Gasteiger partial charge in [-0.25, -0.2) is 0 Å². The summed E-state index contributed by atoms with van der Waals surface area (Å²) >= 11 is 1.45. The van der Waals surface area contributed by atoms with E-state index in [1.807, 2.05) is 42.5 Å². The second-order valence-corrected chi connectivity index (χ2v) is 13.0. The first kappa shape index (κ1) is 24.0. The molecule has 0 aliphatic heterocycles. The predicted molar refractivity (Wildman–Crippen MR) is 122 cm³/mol. The van der Waals surface area contributed by atoms with Crippen molar-refractivity contribution in [1.82, 2.24) is 0 Å². The SMILES string of the molecule is COP(=O)(OC)C(Sc1ccccc1)c1cc(C(C)(C)C)c(O)c(C(C)(C)C)c1. The van der Waals surface area contributed by atoms with Gasteiger partial charge in [-0.3, -0.25) is 4.57 Å². The molecule has 0 spiro atoms. The van der Waals surface area contributed by atoms with E-state index in [0.717, 1.165) is 21.6 Å². The van der Waals surface area contributed by atoms with Crippen molar-refractivity contribution in [3.05, 3.63) is 59.2 Å². The molecule has 0 aliphatic rings. The number of benzene rings is 2. The maximum Gasteiger partial charge on any atom is 0.347 e. The van der Waals surface area contributed by atoms with E-state index in [2.05, 4.69) is 41.5 Å². The molecule has 2 aromatic rings. The number of phenols is 1. The van der Waals surface area contributed by atoms with Crippen molar-refractivity contribution in [2.24, 2.45) is 0 Å². The van der Waals surface area contributed by atoms with Crippen molar-refractivity contribution < 1.29 is 18.7 Å². The molecule has 1 unspecified atom stereocenters. The van der Waals surface area contributed by atoms with E-state index in [-0.39, 0.29) is 10.8 Å². The van der Waals surface area contributed by atoms with Gasteiger partial charge in [0.05, 0.1) is 0 Å². The van der Waals surface area contributed by atoms with E-state index in [9.17, 15) is 9.67 Å². The van der Waals surface area contributed by atoms with E-state index >= 15 is 0 Å². The molecule has 0 fully saturated rings. The van der Waals surface area contributed by atoms with Gasteiger partial charge in [-0.15, -0.1) is 11.8 Å². The first-order valence-corrected chi connectivity index (χ1v) is 12.1. The Morgan fingerprint density at radius 1 is 0.897 bits per heavy atom. The molecular formula is C23H33O4PS. The van der Waals surface area contributed by atoms with Crippen LogP contribution >= 0.6 is 19.4 Å². The third-order valence-electron chi connectivity index (χ3n) is 4.82. The largest absolute Gasteiger partial charge is 0.507 e. The lowest BCUT2D eigenvalue weighted by Crippen LogP contribution is -2.18. The highest BCUT2D eigenvalue weighted by Gasteiger charge is 2.38. The molecule has 0 amide bonds. The molecule has 29 heavy (non-hydrogen) atoms. The van der Waals surface area contributed by atoms with Crippen LogP contribution in [0.3, 0.4) is 0 Å². The Morgan fingerprint density at radius 2 is 1.34 bits per heavy atom. The molecule has 1 N–H and O–H groups in total. The molecule has 1 atom stereocenters. The molecule has 0 saturated carbocycles. The standard InChI is InChI=1S/C23H33O4PS/c1-22(2,3)18-14-16(15-19(20(18)24)23(4,5)6)21(28(25,26-7)27-8)29-17-12-10-9-11-13-17/h9-15,21,24H,1-8H3. The molecule has 4 nitrogen and oxygen atoms in total. The minimum absolute atomic E-state index is 0.286. The predicted octanol–water partition coefficient (Wildman–Crippen LogP) is 7.26. The summed E-state index contributed by atoms with van der Waals surface area (Å²) in [6, 6.07) is 13.7. The van der Waals surface area contributed by atoms with Gasteiger partial charge in [0, 0.05) is 19.1 Å². The maximum atomic E-state index is 13.5. The van der Waals surface area contributed by atoms with Crippen LogP contribution in [0.4, 0.5) is 0 Å². The number of aromatic hydroxyl groups is 1. The monoisotopic (exact) mass is 436 g/mol. The lowest BCUT2D eigenvalue weighted by Gasteiger charge is -2.31. The molecule has 2 aromatic carbocycles. The molecule has 2 rings (SSSR count). The van der Waals surface area contributed by atoms with Crippen molar-refractivity contribution in [2.45, 2.75) is 62.3 Å². The van der Waals surface area contributed by atoms with Gasteiger partial charge < -0.3 is 14.2 Å². The molecule has 0 heterocycles. The van der Waals surface area contributed by atoms with Crippen LogP contribution in [0.2, 0.25) is 0 Å². The van der Waals surface area contributed by atoms with Crippen LogP contribution in [0.1, 0.15) is 63.2 Å². The van der Waals surface area contributed by atoms with Crippen molar-refractivity contribution >= 4 is 19.4 Å². The van der Waals surface area contributed by atoms with Gasteiger partial charge >= 0.3 is 7.60 Å². The molecule has 6 heteroatoms. The topological polar surface area (TPSA) is 55.8 Å². The van der Waals surface area contributed by atoms with Gasteiger partial charge in [0.1, 0.15) is 10.7 Å². The van der Waals surface area contributed by atoms with Crippen molar-refractivity contribution in [3.63, 3.8) is 0 Å². The highest BCUT2D eigenvalue weighted by molar-refractivity contribution is 8.05. The van der Waals surface area contributed by atoms with Gasteiger partial charge in [-0.2, -0.15) is 0 Å². The van der Waals surface area contributed by atoms with E-state index in [0.29, 0.717) is 5.75 Å². The third kappa shape index (κ3) is 5.46. The van der Waals surface area contributed by atoms with Crippen molar-refractivity contribution in [2.75, 3.05) is 14.2 Å².